The Hall–Kier alpha value is -0.570. The molecule has 1 saturated carbocycles. The zero-order valence-corrected chi connectivity index (χ0v) is 11.3. The molecule has 0 spiro atoms. The second kappa shape index (κ2) is 7.00. The Morgan fingerprint density at radius 3 is 2.41 bits per heavy atom. The minimum Gasteiger partial charge on any atom is -0.388 e. The number of nitrogens with one attached hydrogen (secondary N) is 1. The van der Waals surface area contributed by atoms with Gasteiger partial charge >= 0.3 is 0 Å². The fourth-order valence-corrected chi connectivity index (χ4v) is 2.59. The predicted octanol–water partition coefficient (Wildman–Crippen LogP) is 2.62. The molecule has 1 aliphatic carbocycles. The molecule has 0 aromatic carbocycles. The van der Waals surface area contributed by atoms with Crippen LogP contribution in [-0.4, -0.2) is 23.2 Å². The highest BCUT2D eigenvalue weighted by Crippen LogP contribution is 2.23. The molecule has 1 amide bonds. The van der Waals surface area contributed by atoms with E-state index >= 15 is 0 Å². The number of carbonyl (C=O) groups excluding carboxylic acids is 1. The Bertz CT molecular complexity index is 230. The molecule has 100 valence electrons. The van der Waals surface area contributed by atoms with Crippen molar-refractivity contribution < 1.29 is 9.90 Å². The van der Waals surface area contributed by atoms with Crippen LogP contribution >= 0.6 is 0 Å². The lowest BCUT2D eigenvalue weighted by Gasteiger charge is -2.24. The topological polar surface area (TPSA) is 49.3 Å². The number of rotatable bonds is 5. The van der Waals surface area contributed by atoms with E-state index < -0.39 is 5.60 Å². The van der Waals surface area contributed by atoms with Crippen LogP contribution in [-0.2, 0) is 4.79 Å². The van der Waals surface area contributed by atoms with Crippen molar-refractivity contribution >= 4 is 5.91 Å². The van der Waals surface area contributed by atoms with Gasteiger partial charge in [-0.2, -0.15) is 0 Å². The number of amides is 1. The summed E-state index contributed by atoms with van der Waals surface area (Å²) >= 11 is 0. The summed E-state index contributed by atoms with van der Waals surface area (Å²) < 4.78 is 0. The van der Waals surface area contributed by atoms with Gasteiger partial charge < -0.3 is 10.4 Å². The minimum atomic E-state index is -0.755. The summed E-state index contributed by atoms with van der Waals surface area (Å²) in [5.74, 6) is 0.318. The van der Waals surface area contributed by atoms with Crippen LogP contribution in [0.4, 0.5) is 0 Å². The van der Waals surface area contributed by atoms with E-state index in [2.05, 4.69) is 5.32 Å². The van der Waals surface area contributed by atoms with Crippen molar-refractivity contribution in [2.45, 2.75) is 70.8 Å². The Labute approximate surface area is 105 Å². The van der Waals surface area contributed by atoms with Crippen molar-refractivity contribution in [2.24, 2.45) is 5.92 Å². The van der Waals surface area contributed by atoms with Gasteiger partial charge in [-0.25, -0.2) is 0 Å². The molecular formula is C14H27NO2. The quantitative estimate of drug-likeness (QED) is 0.727. The van der Waals surface area contributed by atoms with E-state index in [0.717, 1.165) is 25.7 Å². The third-order valence-corrected chi connectivity index (χ3v) is 3.66. The highest BCUT2D eigenvalue weighted by Gasteiger charge is 2.24. The summed E-state index contributed by atoms with van der Waals surface area (Å²) in [6, 6.07) is 0. The van der Waals surface area contributed by atoms with Gasteiger partial charge in [-0.15, -0.1) is 0 Å². The maximum absolute atomic E-state index is 12.0. The second-order valence-electron chi connectivity index (χ2n) is 5.65. The van der Waals surface area contributed by atoms with Gasteiger partial charge in [-0.3, -0.25) is 4.79 Å². The molecule has 1 aliphatic rings. The molecule has 1 rings (SSSR count). The van der Waals surface area contributed by atoms with Crippen LogP contribution in [0, 0.1) is 5.92 Å². The summed E-state index contributed by atoms with van der Waals surface area (Å²) in [6.07, 6.45) is 8.56. The van der Waals surface area contributed by atoms with Crippen LogP contribution in [0.5, 0.6) is 0 Å². The van der Waals surface area contributed by atoms with Crippen LogP contribution in [0.25, 0.3) is 0 Å². The normalized spacial score (nSPS) is 21.6. The van der Waals surface area contributed by atoms with Crippen molar-refractivity contribution in [3.63, 3.8) is 0 Å². The number of hydrogen-bond donors (Lipinski definition) is 2. The standard InChI is InChI=1S/C14H27NO2/c1-3-10-14(2,17)11-15-13(16)12-8-6-4-5-7-9-12/h12,17H,3-11H2,1-2H3,(H,15,16). The van der Waals surface area contributed by atoms with E-state index in [9.17, 15) is 9.90 Å². The largest absolute Gasteiger partial charge is 0.388 e. The van der Waals surface area contributed by atoms with E-state index in [-0.39, 0.29) is 11.8 Å². The van der Waals surface area contributed by atoms with Gasteiger partial charge in [0.25, 0.3) is 0 Å². The molecule has 3 heteroatoms. The maximum Gasteiger partial charge on any atom is 0.223 e. The third kappa shape index (κ3) is 5.53. The molecular weight excluding hydrogens is 214 g/mol. The molecule has 1 atom stereocenters. The Morgan fingerprint density at radius 1 is 1.29 bits per heavy atom. The summed E-state index contributed by atoms with van der Waals surface area (Å²) in [7, 11) is 0. The van der Waals surface area contributed by atoms with Crippen LogP contribution < -0.4 is 5.32 Å². The Balaban J connectivity index is 2.32. The second-order valence-corrected chi connectivity index (χ2v) is 5.65. The molecule has 3 nitrogen and oxygen atoms in total. The zero-order valence-electron chi connectivity index (χ0n) is 11.3. The van der Waals surface area contributed by atoms with Crippen molar-refractivity contribution in [2.75, 3.05) is 6.54 Å². The monoisotopic (exact) mass is 241 g/mol. The minimum absolute atomic E-state index is 0.142. The lowest BCUT2D eigenvalue weighted by atomic mass is 9.97. The van der Waals surface area contributed by atoms with Gasteiger partial charge in [0, 0.05) is 12.5 Å². The average molecular weight is 241 g/mol. The summed E-state index contributed by atoms with van der Waals surface area (Å²) in [6.45, 7) is 4.22. The molecule has 0 aliphatic heterocycles. The van der Waals surface area contributed by atoms with Crippen molar-refractivity contribution in [3.8, 4) is 0 Å². The first-order valence-corrected chi connectivity index (χ1v) is 7.05. The van der Waals surface area contributed by atoms with E-state index in [1.54, 1.807) is 6.92 Å². The van der Waals surface area contributed by atoms with Crippen LogP contribution in [0.3, 0.4) is 0 Å². The smallest absolute Gasteiger partial charge is 0.223 e. The molecule has 2 N–H and O–H groups in total. The lowest BCUT2D eigenvalue weighted by Crippen LogP contribution is -2.42. The lowest BCUT2D eigenvalue weighted by molar-refractivity contribution is -0.126. The van der Waals surface area contributed by atoms with Crippen molar-refractivity contribution in [1.82, 2.24) is 5.32 Å². The molecule has 0 bridgehead atoms. The van der Waals surface area contributed by atoms with Crippen molar-refractivity contribution in [3.05, 3.63) is 0 Å². The first-order valence-electron chi connectivity index (χ1n) is 7.05. The Kier molecular flexibility index (Phi) is 5.96. The zero-order chi connectivity index (χ0) is 12.7. The van der Waals surface area contributed by atoms with Gasteiger partial charge in [-0.05, 0) is 26.2 Å². The number of carbonyl (C=O) groups is 1. The molecule has 0 saturated heterocycles. The number of aliphatic hydroxyl groups is 1. The first kappa shape index (κ1) is 14.5. The highest BCUT2D eigenvalue weighted by molar-refractivity contribution is 5.78. The SMILES string of the molecule is CCCC(C)(O)CNC(=O)C1CCCCCC1. The maximum atomic E-state index is 12.0. The van der Waals surface area contributed by atoms with Gasteiger partial charge in [0.2, 0.25) is 5.91 Å². The van der Waals surface area contributed by atoms with E-state index in [0.29, 0.717) is 6.54 Å². The summed E-state index contributed by atoms with van der Waals surface area (Å²) in [4.78, 5) is 12.0. The molecule has 1 unspecified atom stereocenters. The molecule has 0 heterocycles. The van der Waals surface area contributed by atoms with E-state index in [4.69, 9.17) is 0 Å². The first-order chi connectivity index (χ1) is 8.05. The van der Waals surface area contributed by atoms with E-state index in [1.807, 2.05) is 6.92 Å². The van der Waals surface area contributed by atoms with Gasteiger partial charge in [0.15, 0.2) is 0 Å². The van der Waals surface area contributed by atoms with Crippen LogP contribution in [0.1, 0.15) is 65.2 Å². The van der Waals surface area contributed by atoms with Gasteiger partial charge in [0.05, 0.1) is 5.60 Å². The molecule has 0 aromatic heterocycles. The molecule has 17 heavy (non-hydrogen) atoms. The van der Waals surface area contributed by atoms with Gasteiger partial charge in [0.1, 0.15) is 0 Å². The molecule has 0 aromatic rings. The van der Waals surface area contributed by atoms with Crippen molar-refractivity contribution in [1.29, 1.82) is 0 Å². The third-order valence-electron chi connectivity index (χ3n) is 3.66. The Morgan fingerprint density at radius 2 is 1.88 bits per heavy atom. The van der Waals surface area contributed by atoms with Crippen LogP contribution in [0.2, 0.25) is 0 Å². The predicted molar refractivity (Wildman–Crippen MR) is 69.7 cm³/mol. The fraction of sp³-hybridized carbons (Fsp3) is 0.929. The van der Waals surface area contributed by atoms with Gasteiger partial charge in [-0.1, -0.05) is 39.0 Å². The average Bonchev–Trinajstić information content (AvgIpc) is 2.54. The van der Waals surface area contributed by atoms with E-state index in [1.165, 1.54) is 25.7 Å². The van der Waals surface area contributed by atoms with Crippen LogP contribution in [0.15, 0.2) is 0 Å². The molecule has 1 fully saturated rings. The summed E-state index contributed by atoms with van der Waals surface area (Å²) in [5.41, 5.74) is -0.755. The number of hydrogen-bond acceptors (Lipinski definition) is 2. The highest BCUT2D eigenvalue weighted by atomic mass is 16.3. The fourth-order valence-electron chi connectivity index (χ4n) is 2.59. The molecule has 0 radical (unpaired) electrons. The summed E-state index contributed by atoms with van der Waals surface area (Å²) in [5, 5.41) is 12.9.